The van der Waals surface area contributed by atoms with E-state index in [1.165, 1.54) is 12.4 Å². The highest BCUT2D eigenvalue weighted by Crippen LogP contribution is 2.41. The second-order valence-corrected chi connectivity index (χ2v) is 9.73. The van der Waals surface area contributed by atoms with E-state index in [1.54, 1.807) is 11.0 Å². The number of primary amides is 1. The first-order valence-electron chi connectivity index (χ1n) is 12.3. The summed E-state index contributed by atoms with van der Waals surface area (Å²) >= 11 is 0. The standard InChI is InChI=1S/C27H28F3N5O2/c1-15-5-10-23(26(31)37)35(15)24-11-17(27(28,29)30)7-9-19(24)22-13-25(33-14-32-22)34-21-4-2-3-16-6-8-18(36)12-20(16)21/h2-4,7,9,11,13-15,18,23,36H,5-6,8,10,12H2,1H3,(H2,31,37)(H,32,33,34). The van der Waals surface area contributed by atoms with Gasteiger partial charge in [0, 0.05) is 35.5 Å². The molecule has 3 unspecified atom stereocenters. The Morgan fingerprint density at radius 1 is 1.14 bits per heavy atom. The summed E-state index contributed by atoms with van der Waals surface area (Å²) in [7, 11) is 0. The fourth-order valence-electron chi connectivity index (χ4n) is 5.41. The summed E-state index contributed by atoms with van der Waals surface area (Å²) in [6, 6.07) is 10.1. The van der Waals surface area contributed by atoms with Gasteiger partial charge in [-0.25, -0.2) is 9.97 Å². The third-order valence-electron chi connectivity index (χ3n) is 7.27. The number of aliphatic hydroxyl groups is 1. The second kappa shape index (κ2) is 9.66. The number of nitrogens with two attached hydrogens (primary N) is 1. The molecule has 0 spiro atoms. The van der Waals surface area contributed by atoms with E-state index >= 15 is 0 Å². The Labute approximate surface area is 212 Å². The van der Waals surface area contributed by atoms with Gasteiger partial charge in [-0.3, -0.25) is 4.79 Å². The minimum Gasteiger partial charge on any atom is -0.393 e. The lowest BCUT2D eigenvalue weighted by molar-refractivity contribution is -0.137. The molecule has 0 radical (unpaired) electrons. The largest absolute Gasteiger partial charge is 0.416 e. The molecule has 2 heterocycles. The highest BCUT2D eigenvalue weighted by Gasteiger charge is 2.38. The molecule has 194 valence electrons. The van der Waals surface area contributed by atoms with Crippen LogP contribution in [-0.2, 0) is 23.8 Å². The molecule has 5 rings (SSSR count). The van der Waals surface area contributed by atoms with Gasteiger partial charge < -0.3 is 21.1 Å². The van der Waals surface area contributed by atoms with Gasteiger partial charge in [-0.05, 0) is 61.9 Å². The molecule has 3 aromatic rings. The quantitative estimate of drug-likeness (QED) is 0.463. The van der Waals surface area contributed by atoms with E-state index in [4.69, 9.17) is 5.73 Å². The van der Waals surface area contributed by atoms with E-state index in [2.05, 4.69) is 15.3 Å². The molecule has 7 nitrogen and oxygen atoms in total. The Balaban J connectivity index is 1.56. The number of anilines is 3. The Bertz CT molecular complexity index is 1330. The Kier molecular flexibility index (Phi) is 6.53. The zero-order valence-corrected chi connectivity index (χ0v) is 20.3. The SMILES string of the molecule is CC1CCC(C(N)=O)N1c1cc(C(F)(F)F)ccc1-c1cc(Nc2cccc3c2CC(O)CC3)ncn1. The predicted octanol–water partition coefficient (Wildman–Crippen LogP) is 4.60. The summed E-state index contributed by atoms with van der Waals surface area (Å²) in [4.78, 5) is 22.5. The van der Waals surface area contributed by atoms with E-state index in [1.807, 2.05) is 25.1 Å². The topological polar surface area (TPSA) is 104 Å². The first kappa shape index (κ1) is 25.0. The van der Waals surface area contributed by atoms with Crippen molar-refractivity contribution in [2.45, 2.75) is 63.4 Å². The van der Waals surface area contributed by atoms with Crippen molar-refractivity contribution < 1.29 is 23.1 Å². The summed E-state index contributed by atoms with van der Waals surface area (Å²) in [6.45, 7) is 1.87. The monoisotopic (exact) mass is 511 g/mol. The minimum atomic E-state index is -4.55. The van der Waals surface area contributed by atoms with Crippen LogP contribution in [0.2, 0.25) is 0 Å². The van der Waals surface area contributed by atoms with Crippen LogP contribution in [0.4, 0.5) is 30.4 Å². The van der Waals surface area contributed by atoms with Crippen LogP contribution < -0.4 is 16.0 Å². The van der Waals surface area contributed by atoms with Gasteiger partial charge in [0.15, 0.2) is 0 Å². The number of carbonyl (C=O) groups is 1. The average Bonchev–Trinajstić information content (AvgIpc) is 3.25. The van der Waals surface area contributed by atoms with Gasteiger partial charge in [-0.15, -0.1) is 0 Å². The molecule has 10 heteroatoms. The van der Waals surface area contributed by atoms with Crippen LogP contribution in [0.15, 0.2) is 48.8 Å². The van der Waals surface area contributed by atoms with E-state index in [9.17, 15) is 23.1 Å². The van der Waals surface area contributed by atoms with Crippen molar-refractivity contribution in [1.82, 2.24) is 9.97 Å². The molecule has 2 aliphatic rings. The van der Waals surface area contributed by atoms with Crippen molar-refractivity contribution in [3.63, 3.8) is 0 Å². The normalized spacial score (nSPS) is 21.5. The number of nitrogens with zero attached hydrogens (tertiary/aromatic N) is 3. The number of hydrogen-bond donors (Lipinski definition) is 3. The van der Waals surface area contributed by atoms with Gasteiger partial charge in [0.2, 0.25) is 5.91 Å². The summed E-state index contributed by atoms with van der Waals surface area (Å²) in [6.07, 6.45) is -0.487. The molecule has 4 N–H and O–H groups in total. The van der Waals surface area contributed by atoms with Crippen LogP contribution in [0.25, 0.3) is 11.3 Å². The van der Waals surface area contributed by atoms with Crippen molar-refractivity contribution in [3.8, 4) is 11.3 Å². The molecule has 0 bridgehead atoms. The van der Waals surface area contributed by atoms with E-state index in [0.717, 1.165) is 35.4 Å². The van der Waals surface area contributed by atoms with Crippen molar-refractivity contribution in [2.75, 3.05) is 10.2 Å². The van der Waals surface area contributed by atoms with Crippen molar-refractivity contribution >= 4 is 23.1 Å². The average molecular weight is 512 g/mol. The molecule has 1 amide bonds. The smallest absolute Gasteiger partial charge is 0.393 e. The van der Waals surface area contributed by atoms with E-state index in [0.29, 0.717) is 42.8 Å². The first-order chi connectivity index (χ1) is 17.6. The molecule has 37 heavy (non-hydrogen) atoms. The number of aryl methyl sites for hydroxylation is 1. The number of fused-ring (bicyclic) bond motifs is 1. The fraction of sp³-hybridized carbons (Fsp3) is 0.370. The lowest BCUT2D eigenvalue weighted by atomic mass is 9.88. The van der Waals surface area contributed by atoms with Crippen molar-refractivity contribution in [1.29, 1.82) is 0 Å². The highest BCUT2D eigenvalue weighted by atomic mass is 19.4. The maximum absolute atomic E-state index is 13.7. The number of amides is 1. The molecule has 1 aliphatic carbocycles. The molecule has 1 aliphatic heterocycles. The third-order valence-corrected chi connectivity index (χ3v) is 7.27. The molecule has 1 fully saturated rings. The first-order valence-corrected chi connectivity index (χ1v) is 12.3. The summed E-state index contributed by atoms with van der Waals surface area (Å²) in [5.74, 6) is -0.112. The maximum Gasteiger partial charge on any atom is 0.416 e. The summed E-state index contributed by atoms with van der Waals surface area (Å²) in [5.41, 5.74) is 8.92. The van der Waals surface area contributed by atoms with Crippen LogP contribution >= 0.6 is 0 Å². The number of hydrogen-bond acceptors (Lipinski definition) is 6. The van der Waals surface area contributed by atoms with Gasteiger partial charge in [0.1, 0.15) is 18.2 Å². The van der Waals surface area contributed by atoms with E-state index in [-0.39, 0.29) is 11.7 Å². The van der Waals surface area contributed by atoms with Crippen molar-refractivity contribution in [3.05, 3.63) is 65.5 Å². The third kappa shape index (κ3) is 4.98. The molecular weight excluding hydrogens is 483 g/mol. The second-order valence-electron chi connectivity index (χ2n) is 9.73. The number of aliphatic hydroxyl groups excluding tert-OH is 1. The number of rotatable bonds is 5. The van der Waals surface area contributed by atoms with Gasteiger partial charge in [-0.2, -0.15) is 13.2 Å². The number of halogens is 3. The van der Waals surface area contributed by atoms with Crippen LogP contribution in [0.5, 0.6) is 0 Å². The molecule has 0 saturated carbocycles. The Morgan fingerprint density at radius 2 is 1.95 bits per heavy atom. The minimum absolute atomic E-state index is 0.179. The van der Waals surface area contributed by atoms with E-state index < -0.39 is 29.8 Å². The summed E-state index contributed by atoms with van der Waals surface area (Å²) < 4.78 is 41.0. The van der Waals surface area contributed by atoms with Crippen molar-refractivity contribution in [2.24, 2.45) is 5.73 Å². The lowest BCUT2D eigenvalue weighted by Crippen LogP contribution is -2.43. The molecular formula is C27H28F3N5O2. The number of carbonyl (C=O) groups excluding carboxylic acids is 1. The highest BCUT2D eigenvalue weighted by molar-refractivity contribution is 5.88. The molecule has 1 saturated heterocycles. The van der Waals surface area contributed by atoms with Gasteiger partial charge in [-0.1, -0.05) is 18.2 Å². The lowest BCUT2D eigenvalue weighted by Gasteiger charge is -2.31. The maximum atomic E-state index is 13.7. The number of nitrogens with one attached hydrogen (secondary N) is 1. The number of aromatic nitrogens is 2. The van der Waals surface area contributed by atoms with Gasteiger partial charge >= 0.3 is 6.18 Å². The Hall–Kier alpha value is -3.66. The fourth-order valence-corrected chi connectivity index (χ4v) is 5.41. The van der Waals surface area contributed by atoms with Crippen LogP contribution in [0.1, 0.15) is 42.9 Å². The van der Waals surface area contributed by atoms with Gasteiger partial charge in [0.05, 0.1) is 17.4 Å². The molecule has 2 aromatic carbocycles. The van der Waals surface area contributed by atoms with Gasteiger partial charge in [0.25, 0.3) is 0 Å². The zero-order valence-electron chi connectivity index (χ0n) is 20.3. The summed E-state index contributed by atoms with van der Waals surface area (Å²) in [5, 5.41) is 13.5. The molecule has 3 atom stereocenters. The number of alkyl halides is 3. The van der Waals surface area contributed by atoms with Crippen LogP contribution in [-0.4, -0.2) is 39.2 Å². The molecule has 1 aromatic heterocycles. The Morgan fingerprint density at radius 3 is 2.70 bits per heavy atom. The predicted molar refractivity (Wildman–Crippen MR) is 134 cm³/mol. The van der Waals surface area contributed by atoms with Crippen LogP contribution in [0, 0.1) is 0 Å². The zero-order chi connectivity index (χ0) is 26.3. The number of benzene rings is 2. The van der Waals surface area contributed by atoms with Crippen LogP contribution in [0.3, 0.4) is 0 Å².